The van der Waals surface area contributed by atoms with Gasteiger partial charge in [-0.15, -0.1) is 0 Å². The molecule has 9 heteroatoms. The second-order valence-electron chi connectivity index (χ2n) is 9.16. The van der Waals surface area contributed by atoms with Crippen LogP contribution >= 0.6 is 34.8 Å². The largest absolute Gasteiger partial charge is 0.489 e. The highest BCUT2D eigenvalue weighted by atomic mass is 35.5. The van der Waals surface area contributed by atoms with Crippen LogP contribution in [0.1, 0.15) is 57.7 Å². The van der Waals surface area contributed by atoms with Gasteiger partial charge >= 0.3 is 5.97 Å². The summed E-state index contributed by atoms with van der Waals surface area (Å²) in [5.74, 6) is 1.39. The Morgan fingerprint density at radius 3 is 2.51 bits per heavy atom. The van der Waals surface area contributed by atoms with E-state index in [1.165, 1.54) is 6.07 Å². The minimum Gasteiger partial charge on any atom is -0.489 e. The van der Waals surface area contributed by atoms with E-state index in [1.54, 1.807) is 36.4 Å². The van der Waals surface area contributed by atoms with Gasteiger partial charge in [0.2, 0.25) is 0 Å². The molecule has 1 aliphatic heterocycles. The van der Waals surface area contributed by atoms with Crippen LogP contribution in [-0.4, -0.2) is 16.2 Å². The maximum atomic E-state index is 11.3. The number of benzene rings is 3. The molecule has 0 radical (unpaired) electrons. The third-order valence-electron chi connectivity index (χ3n) is 6.65. The molecule has 6 nitrogen and oxygen atoms in total. The average Bonchev–Trinajstić information content (AvgIpc) is 3.49. The van der Waals surface area contributed by atoms with Crippen LogP contribution in [0.25, 0.3) is 11.3 Å². The molecule has 6 rings (SSSR count). The number of hydrogen-bond donors (Lipinski definition) is 1. The fourth-order valence-electron chi connectivity index (χ4n) is 4.62. The third-order valence-corrected chi connectivity index (χ3v) is 7.61. The summed E-state index contributed by atoms with van der Waals surface area (Å²) in [6.45, 7) is 0.214. The number of carboxylic acids is 1. The molecular formula is C28H20Cl3NO5. The van der Waals surface area contributed by atoms with Crippen molar-refractivity contribution in [2.45, 2.75) is 37.9 Å². The smallest absolute Gasteiger partial charge is 0.335 e. The number of fused-ring (bicyclic) bond motifs is 1. The summed E-state index contributed by atoms with van der Waals surface area (Å²) in [6, 6.07) is 15.6. The summed E-state index contributed by atoms with van der Waals surface area (Å²) in [5.41, 5.74) is 3.90. The van der Waals surface area contributed by atoms with Crippen LogP contribution in [-0.2, 0) is 13.0 Å². The molecular weight excluding hydrogens is 537 g/mol. The lowest BCUT2D eigenvalue weighted by molar-refractivity contribution is 0.0696. The SMILES string of the molecule is O=C(O)c1ccc2c(c1)C[C@H](c1ccc(OCc3c(-c4c(Cl)cccc4Cl)noc3C3CC3)cc1Cl)O2. The summed E-state index contributed by atoms with van der Waals surface area (Å²) < 4.78 is 17.9. The van der Waals surface area contributed by atoms with E-state index in [1.807, 2.05) is 12.1 Å². The van der Waals surface area contributed by atoms with Gasteiger partial charge in [-0.25, -0.2) is 4.79 Å². The second-order valence-corrected chi connectivity index (χ2v) is 10.4. The van der Waals surface area contributed by atoms with E-state index in [-0.39, 0.29) is 18.3 Å². The maximum absolute atomic E-state index is 11.3. The van der Waals surface area contributed by atoms with E-state index in [4.69, 9.17) is 48.8 Å². The molecule has 0 unspecified atom stereocenters. The molecule has 1 atom stereocenters. The van der Waals surface area contributed by atoms with E-state index in [0.717, 1.165) is 35.3 Å². The number of aromatic nitrogens is 1. The van der Waals surface area contributed by atoms with Crippen LogP contribution in [0.2, 0.25) is 15.1 Å². The number of carboxylic acid groups (broad SMARTS) is 1. The van der Waals surface area contributed by atoms with Gasteiger partial charge in [0.25, 0.3) is 0 Å². The molecule has 1 N–H and O–H groups in total. The van der Waals surface area contributed by atoms with Crippen molar-refractivity contribution in [2.75, 3.05) is 0 Å². The molecule has 1 saturated carbocycles. The van der Waals surface area contributed by atoms with Crippen molar-refractivity contribution in [1.82, 2.24) is 5.16 Å². The molecule has 1 aliphatic carbocycles. The first-order chi connectivity index (χ1) is 17.9. The van der Waals surface area contributed by atoms with Gasteiger partial charge in [0, 0.05) is 23.5 Å². The summed E-state index contributed by atoms with van der Waals surface area (Å²) >= 11 is 19.5. The van der Waals surface area contributed by atoms with Crippen molar-refractivity contribution in [1.29, 1.82) is 0 Å². The van der Waals surface area contributed by atoms with E-state index in [2.05, 4.69) is 5.16 Å². The van der Waals surface area contributed by atoms with E-state index in [9.17, 15) is 9.90 Å². The Hall–Kier alpha value is -3.19. The molecule has 2 heterocycles. The molecule has 0 amide bonds. The summed E-state index contributed by atoms with van der Waals surface area (Å²) in [5, 5.41) is 15.0. The lowest BCUT2D eigenvalue weighted by Gasteiger charge is -2.15. The number of aromatic carboxylic acids is 1. The van der Waals surface area contributed by atoms with Crippen molar-refractivity contribution in [2.24, 2.45) is 0 Å². The first-order valence-electron chi connectivity index (χ1n) is 11.8. The van der Waals surface area contributed by atoms with Gasteiger partial charge in [-0.1, -0.05) is 52.1 Å². The number of ether oxygens (including phenoxy) is 2. The molecule has 3 aromatic carbocycles. The molecule has 2 aliphatic rings. The van der Waals surface area contributed by atoms with Gasteiger partial charge in [-0.3, -0.25) is 0 Å². The maximum Gasteiger partial charge on any atom is 0.335 e. The Balaban J connectivity index is 1.22. The van der Waals surface area contributed by atoms with Crippen LogP contribution in [0.4, 0.5) is 0 Å². The van der Waals surface area contributed by atoms with Gasteiger partial charge in [-0.05, 0) is 60.9 Å². The average molecular weight is 557 g/mol. The van der Waals surface area contributed by atoms with Crippen LogP contribution in [0.15, 0.2) is 59.1 Å². The first-order valence-corrected chi connectivity index (χ1v) is 12.9. The van der Waals surface area contributed by atoms with Gasteiger partial charge in [0.15, 0.2) is 0 Å². The number of halogens is 3. The fraction of sp³-hybridized carbons (Fsp3) is 0.214. The van der Waals surface area contributed by atoms with Gasteiger partial charge in [-0.2, -0.15) is 0 Å². The summed E-state index contributed by atoms with van der Waals surface area (Å²) in [6.07, 6.45) is 2.30. The Morgan fingerprint density at radius 1 is 1.03 bits per heavy atom. The zero-order chi connectivity index (χ0) is 25.7. The zero-order valence-corrected chi connectivity index (χ0v) is 21.6. The Kier molecular flexibility index (Phi) is 6.27. The number of nitrogens with zero attached hydrogens (tertiary/aromatic N) is 1. The Bertz CT molecular complexity index is 1510. The predicted molar refractivity (Wildman–Crippen MR) is 140 cm³/mol. The third kappa shape index (κ3) is 4.65. The molecule has 0 saturated heterocycles. The molecule has 0 spiro atoms. The second kappa shape index (κ2) is 9.60. The molecule has 4 aromatic rings. The van der Waals surface area contributed by atoms with Crippen LogP contribution in [0.3, 0.4) is 0 Å². The van der Waals surface area contributed by atoms with Gasteiger partial charge < -0.3 is 19.1 Å². The first kappa shape index (κ1) is 24.2. The Morgan fingerprint density at radius 2 is 1.81 bits per heavy atom. The normalized spacial score (nSPS) is 16.4. The molecule has 37 heavy (non-hydrogen) atoms. The van der Waals surface area contributed by atoms with Gasteiger partial charge in [0.1, 0.15) is 35.7 Å². The van der Waals surface area contributed by atoms with E-state index in [0.29, 0.717) is 50.2 Å². The quantitative estimate of drug-likeness (QED) is 0.247. The summed E-state index contributed by atoms with van der Waals surface area (Å²) in [7, 11) is 0. The van der Waals surface area contributed by atoms with Crippen LogP contribution in [0.5, 0.6) is 11.5 Å². The minimum atomic E-state index is -0.969. The Labute approximate surface area is 227 Å². The van der Waals surface area contributed by atoms with Crippen molar-refractivity contribution >= 4 is 40.8 Å². The van der Waals surface area contributed by atoms with Crippen molar-refractivity contribution < 1.29 is 23.9 Å². The standard InChI is InChI=1S/C28H20Cl3NO5/c29-20-2-1-3-21(30)25(20)26-19(27(37-32-26)14-4-5-14)13-35-17-7-8-18(22(31)12-17)24-11-16-10-15(28(33)34)6-9-23(16)36-24/h1-3,6-10,12,14,24H,4-5,11,13H2,(H,33,34)/t24-/m1/s1. The highest BCUT2D eigenvalue weighted by molar-refractivity contribution is 6.39. The molecule has 0 bridgehead atoms. The monoisotopic (exact) mass is 555 g/mol. The highest BCUT2D eigenvalue weighted by Crippen LogP contribution is 2.46. The van der Waals surface area contributed by atoms with Gasteiger partial charge in [0.05, 0.1) is 26.2 Å². The molecule has 1 fully saturated rings. The number of rotatable bonds is 7. The van der Waals surface area contributed by atoms with Crippen molar-refractivity contribution in [3.05, 3.63) is 97.7 Å². The molecule has 188 valence electrons. The van der Waals surface area contributed by atoms with Crippen molar-refractivity contribution in [3.63, 3.8) is 0 Å². The number of hydrogen-bond acceptors (Lipinski definition) is 5. The lowest BCUT2D eigenvalue weighted by Crippen LogP contribution is -2.05. The fourth-order valence-corrected chi connectivity index (χ4v) is 5.49. The van der Waals surface area contributed by atoms with E-state index >= 15 is 0 Å². The lowest BCUT2D eigenvalue weighted by atomic mass is 10.0. The summed E-state index contributed by atoms with van der Waals surface area (Å²) in [4.78, 5) is 11.3. The number of carbonyl (C=O) groups is 1. The minimum absolute atomic E-state index is 0.214. The highest BCUT2D eigenvalue weighted by Gasteiger charge is 2.34. The van der Waals surface area contributed by atoms with E-state index < -0.39 is 5.97 Å². The topological polar surface area (TPSA) is 81.8 Å². The van der Waals surface area contributed by atoms with Crippen molar-refractivity contribution in [3.8, 4) is 22.8 Å². The van der Waals surface area contributed by atoms with Crippen LogP contribution in [0, 0.1) is 0 Å². The van der Waals surface area contributed by atoms with Crippen LogP contribution < -0.4 is 9.47 Å². The predicted octanol–water partition coefficient (Wildman–Crippen LogP) is 8.13. The zero-order valence-electron chi connectivity index (χ0n) is 19.3. The molecule has 1 aromatic heterocycles.